The Hall–Kier alpha value is -0.380. The van der Waals surface area contributed by atoms with E-state index < -0.39 is 0 Å². The Bertz CT molecular complexity index is 440. The maximum atomic E-state index is 9.54. The lowest BCUT2D eigenvalue weighted by Gasteiger charge is -2.27. The lowest BCUT2D eigenvalue weighted by molar-refractivity contribution is 0.107. The number of halogens is 1. The van der Waals surface area contributed by atoms with Crippen molar-refractivity contribution in [2.75, 3.05) is 6.54 Å². The van der Waals surface area contributed by atoms with Crippen molar-refractivity contribution in [3.05, 3.63) is 33.8 Å². The molecular weight excluding hydrogens is 302 g/mol. The van der Waals surface area contributed by atoms with Gasteiger partial charge in [-0.15, -0.1) is 0 Å². The monoisotopic (exact) mass is 323 g/mol. The van der Waals surface area contributed by atoms with E-state index in [2.05, 4.69) is 39.4 Å². The summed E-state index contributed by atoms with van der Waals surface area (Å²) in [7, 11) is 0. The molecule has 1 aromatic carbocycles. The Morgan fingerprint density at radius 2 is 1.95 bits per heavy atom. The van der Waals surface area contributed by atoms with Crippen molar-refractivity contribution in [2.45, 2.75) is 50.7 Å². The molecule has 1 aromatic rings. The van der Waals surface area contributed by atoms with E-state index in [1.54, 1.807) is 0 Å². The second kappa shape index (κ2) is 5.94. The fourth-order valence-corrected chi connectivity index (χ4v) is 4.06. The molecule has 1 unspecified atom stereocenters. The Balaban J connectivity index is 1.57. The van der Waals surface area contributed by atoms with Gasteiger partial charge in [-0.25, -0.2) is 0 Å². The normalized spacial score (nSPS) is 30.3. The number of rotatable bonds is 3. The Kier molecular flexibility index (Phi) is 4.25. The molecule has 0 amide bonds. The second-order valence-corrected chi connectivity index (χ2v) is 6.84. The molecule has 0 aromatic heterocycles. The molecule has 0 bridgehead atoms. The van der Waals surface area contributed by atoms with Gasteiger partial charge in [-0.1, -0.05) is 28.1 Å². The van der Waals surface area contributed by atoms with Gasteiger partial charge in [0, 0.05) is 10.5 Å². The fourth-order valence-electron chi connectivity index (χ4n) is 3.48. The van der Waals surface area contributed by atoms with Gasteiger partial charge in [0.2, 0.25) is 0 Å². The molecule has 0 heterocycles. The zero-order valence-electron chi connectivity index (χ0n) is 11.2. The Morgan fingerprint density at radius 1 is 1.16 bits per heavy atom. The van der Waals surface area contributed by atoms with Crippen molar-refractivity contribution in [1.29, 1.82) is 0 Å². The fraction of sp³-hybridized carbons (Fsp3) is 0.625. The highest BCUT2D eigenvalue weighted by molar-refractivity contribution is 9.10. The van der Waals surface area contributed by atoms with Crippen LogP contribution < -0.4 is 5.32 Å². The van der Waals surface area contributed by atoms with Gasteiger partial charge in [0.1, 0.15) is 0 Å². The van der Waals surface area contributed by atoms with E-state index in [9.17, 15) is 5.11 Å². The van der Waals surface area contributed by atoms with Gasteiger partial charge in [-0.3, -0.25) is 0 Å². The summed E-state index contributed by atoms with van der Waals surface area (Å²) < 4.78 is 1.26. The van der Waals surface area contributed by atoms with Crippen LogP contribution in [0.1, 0.15) is 49.3 Å². The van der Waals surface area contributed by atoms with E-state index in [1.807, 2.05) is 0 Å². The van der Waals surface area contributed by atoms with E-state index in [0.29, 0.717) is 6.04 Å². The smallest absolute Gasteiger partial charge is 0.0540 e. The summed E-state index contributed by atoms with van der Waals surface area (Å²) >= 11 is 3.65. The van der Waals surface area contributed by atoms with E-state index in [1.165, 1.54) is 41.3 Å². The van der Waals surface area contributed by atoms with Gasteiger partial charge >= 0.3 is 0 Å². The van der Waals surface area contributed by atoms with Crippen LogP contribution in [0.4, 0.5) is 0 Å². The predicted molar refractivity (Wildman–Crippen MR) is 81.2 cm³/mol. The number of fused-ring (bicyclic) bond motifs is 1. The van der Waals surface area contributed by atoms with E-state index >= 15 is 0 Å². The summed E-state index contributed by atoms with van der Waals surface area (Å²) in [6.45, 7) is 1.10. The highest BCUT2D eigenvalue weighted by Crippen LogP contribution is 2.36. The number of aliphatic hydroxyl groups excluding tert-OH is 1. The van der Waals surface area contributed by atoms with Crippen LogP contribution in [0.3, 0.4) is 0 Å². The van der Waals surface area contributed by atoms with Crippen LogP contribution in [0.5, 0.6) is 0 Å². The molecule has 3 heteroatoms. The van der Waals surface area contributed by atoms with Gasteiger partial charge in [-0.05, 0) is 68.2 Å². The molecule has 3 rings (SSSR count). The topological polar surface area (TPSA) is 32.3 Å². The minimum absolute atomic E-state index is 0.0422. The highest BCUT2D eigenvalue weighted by Gasteiger charge is 2.25. The van der Waals surface area contributed by atoms with Crippen LogP contribution in [0.25, 0.3) is 0 Å². The lowest BCUT2D eigenvalue weighted by atomic mass is 9.87. The maximum Gasteiger partial charge on any atom is 0.0540 e. The van der Waals surface area contributed by atoms with Gasteiger partial charge in [-0.2, -0.15) is 0 Å². The molecule has 0 radical (unpaired) electrons. The largest absolute Gasteiger partial charge is 0.393 e. The molecule has 104 valence electrons. The molecule has 0 aliphatic heterocycles. The summed E-state index contributed by atoms with van der Waals surface area (Å²) in [5.41, 5.74) is 2.96. The van der Waals surface area contributed by atoms with Gasteiger partial charge < -0.3 is 10.4 Å². The maximum absolute atomic E-state index is 9.54. The zero-order chi connectivity index (χ0) is 13.2. The summed E-state index contributed by atoms with van der Waals surface area (Å²) in [4.78, 5) is 0. The van der Waals surface area contributed by atoms with Crippen molar-refractivity contribution in [2.24, 2.45) is 5.92 Å². The van der Waals surface area contributed by atoms with Crippen molar-refractivity contribution in [3.8, 4) is 0 Å². The molecule has 2 nitrogen and oxygen atoms in total. The third kappa shape index (κ3) is 3.04. The van der Waals surface area contributed by atoms with E-state index in [0.717, 1.165) is 25.3 Å². The van der Waals surface area contributed by atoms with Crippen LogP contribution in [0, 0.1) is 5.92 Å². The predicted octanol–water partition coefficient (Wildman–Crippen LogP) is 3.58. The highest BCUT2D eigenvalue weighted by atomic mass is 79.9. The molecule has 1 saturated carbocycles. The average molecular weight is 324 g/mol. The second-order valence-electron chi connectivity index (χ2n) is 5.98. The zero-order valence-corrected chi connectivity index (χ0v) is 12.8. The first-order valence-corrected chi connectivity index (χ1v) is 8.22. The average Bonchev–Trinajstić information content (AvgIpc) is 2.83. The number of hydrogen-bond donors (Lipinski definition) is 2. The van der Waals surface area contributed by atoms with Crippen LogP contribution in [-0.2, 0) is 6.42 Å². The molecule has 0 spiro atoms. The quantitative estimate of drug-likeness (QED) is 0.891. The minimum Gasteiger partial charge on any atom is -0.393 e. The van der Waals surface area contributed by atoms with E-state index in [4.69, 9.17) is 0 Å². The first-order chi connectivity index (χ1) is 9.24. The standard InChI is InChI=1S/C16H22BrNO/c17-15-3-1-2-14-13(15)8-9-16(14)18-10-11-4-6-12(19)7-5-11/h1-3,11-12,16,18-19H,4-10H2. The van der Waals surface area contributed by atoms with E-state index in [-0.39, 0.29) is 6.10 Å². The first-order valence-electron chi connectivity index (χ1n) is 7.43. The first kappa shape index (κ1) is 13.6. The van der Waals surface area contributed by atoms with Crippen LogP contribution >= 0.6 is 15.9 Å². The van der Waals surface area contributed by atoms with Gasteiger partial charge in [0.05, 0.1) is 6.10 Å². The van der Waals surface area contributed by atoms with Crippen molar-refractivity contribution >= 4 is 15.9 Å². The van der Waals surface area contributed by atoms with Crippen molar-refractivity contribution in [3.63, 3.8) is 0 Å². The molecule has 2 aliphatic rings. The van der Waals surface area contributed by atoms with Crippen LogP contribution in [0.2, 0.25) is 0 Å². The van der Waals surface area contributed by atoms with Crippen molar-refractivity contribution in [1.82, 2.24) is 5.32 Å². The Labute approximate surface area is 123 Å². The van der Waals surface area contributed by atoms with Crippen LogP contribution in [0.15, 0.2) is 22.7 Å². The summed E-state index contributed by atoms with van der Waals surface area (Å²) in [5, 5.41) is 13.3. The summed E-state index contributed by atoms with van der Waals surface area (Å²) in [6.07, 6.45) is 6.67. The third-order valence-corrected chi connectivity index (χ3v) is 5.43. The number of nitrogens with one attached hydrogen (secondary N) is 1. The number of hydrogen-bond acceptors (Lipinski definition) is 2. The molecule has 2 N–H and O–H groups in total. The Morgan fingerprint density at radius 3 is 2.74 bits per heavy atom. The van der Waals surface area contributed by atoms with Crippen molar-refractivity contribution < 1.29 is 5.11 Å². The molecule has 0 saturated heterocycles. The van der Waals surface area contributed by atoms with Gasteiger partial charge in [0.15, 0.2) is 0 Å². The van der Waals surface area contributed by atoms with Crippen LogP contribution in [-0.4, -0.2) is 17.8 Å². The molecule has 2 aliphatic carbocycles. The number of aliphatic hydroxyl groups is 1. The molecule has 1 fully saturated rings. The molecule has 19 heavy (non-hydrogen) atoms. The molecule has 1 atom stereocenters. The lowest BCUT2D eigenvalue weighted by Crippen LogP contribution is -2.30. The number of benzene rings is 1. The summed E-state index contributed by atoms with van der Waals surface area (Å²) in [5.74, 6) is 0.750. The summed E-state index contributed by atoms with van der Waals surface area (Å²) in [6, 6.07) is 7.07. The minimum atomic E-state index is -0.0422. The third-order valence-electron chi connectivity index (χ3n) is 4.68. The SMILES string of the molecule is OC1CCC(CNC2CCc3c(Br)cccc32)CC1. The molecular formula is C16H22BrNO. The van der Waals surface area contributed by atoms with Gasteiger partial charge in [0.25, 0.3) is 0 Å².